The minimum Gasteiger partial charge on any atom is -0.321 e. The third-order valence-corrected chi connectivity index (χ3v) is 6.56. The van der Waals surface area contributed by atoms with Gasteiger partial charge in [-0.25, -0.2) is 8.42 Å². The smallest absolute Gasteiger partial charge is 0.263 e. The fourth-order valence-corrected chi connectivity index (χ4v) is 4.79. The molecule has 0 saturated carbocycles. The lowest BCUT2D eigenvalue weighted by atomic mass is 10.1. The van der Waals surface area contributed by atoms with Gasteiger partial charge in [0.2, 0.25) is 0 Å². The van der Waals surface area contributed by atoms with Gasteiger partial charge in [0.25, 0.3) is 15.9 Å². The number of carbonyl (C=O) groups excluding carboxylic acids is 1. The second kappa shape index (κ2) is 8.86. The number of amides is 1. The molecule has 3 rings (SSSR count). The van der Waals surface area contributed by atoms with Gasteiger partial charge in [-0.05, 0) is 73.5 Å². The van der Waals surface area contributed by atoms with Gasteiger partial charge in [0.1, 0.15) is 4.90 Å². The predicted molar refractivity (Wildman–Crippen MR) is 123 cm³/mol. The molecular weight excluding hydrogens is 467 g/mol. The first kappa shape index (κ1) is 22.4. The van der Waals surface area contributed by atoms with Crippen LogP contribution in [0.5, 0.6) is 0 Å². The summed E-state index contributed by atoms with van der Waals surface area (Å²) in [6.07, 6.45) is 0. The lowest BCUT2D eigenvalue weighted by molar-refractivity contribution is 0.102. The highest BCUT2D eigenvalue weighted by Crippen LogP contribution is 2.28. The molecular formula is C21H17Cl3N2O3S. The second-order valence-corrected chi connectivity index (χ2v) is 9.61. The summed E-state index contributed by atoms with van der Waals surface area (Å²) in [5, 5.41) is 3.30. The molecule has 2 N–H and O–H groups in total. The summed E-state index contributed by atoms with van der Waals surface area (Å²) < 4.78 is 28.3. The number of hydrogen-bond acceptors (Lipinski definition) is 3. The first-order chi connectivity index (χ1) is 14.0. The molecule has 0 heterocycles. The van der Waals surface area contributed by atoms with Crippen molar-refractivity contribution >= 4 is 62.1 Å². The molecule has 0 unspecified atom stereocenters. The van der Waals surface area contributed by atoms with Crippen LogP contribution in [0.1, 0.15) is 21.5 Å². The van der Waals surface area contributed by atoms with Crippen LogP contribution in [-0.4, -0.2) is 14.3 Å². The summed E-state index contributed by atoms with van der Waals surface area (Å²) >= 11 is 18.1. The van der Waals surface area contributed by atoms with Crippen molar-refractivity contribution in [1.29, 1.82) is 0 Å². The monoisotopic (exact) mass is 482 g/mol. The number of sulfonamides is 1. The van der Waals surface area contributed by atoms with Crippen molar-refractivity contribution in [3.63, 3.8) is 0 Å². The standard InChI is InChI=1S/C21H17Cl3N2O3S/c1-12-7-13(2)9-16(8-12)26-30(28,29)20-10-14(3-5-18(20)24)21(27)25-19-11-15(22)4-6-17(19)23/h3-11,26H,1-2H3,(H,25,27). The van der Waals surface area contributed by atoms with Gasteiger partial charge >= 0.3 is 0 Å². The van der Waals surface area contributed by atoms with Crippen LogP contribution in [0.3, 0.4) is 0 Å². The van der Waals surface area contributed by atoms with E-state index in [-0.39, 0.29) is 15.5 Å². The molecule has 0 radical (unpaired) electrons. The maximum Gasteiger partial charge on any atom is 0.263 e. The van der Waals surface area contributed by atoms with Crippen LogP contribution in [0.15, 0.2) is 59.5 Å². The molecule has 0 aliphatic rings. The van der Waals surface area contributed by atoms with Gasteiger partial charge in [0, 0.05) is 16.3 Å². The number of halogens is 3. The predicted octanol–water partition coefficient (Wildman–Crippen LogP) is 6.32. The van der Waals surface area contributed by atoms with Crippen LogP contribution in [-0.2, 0) is 10.0 Å². The molecule has 0 spiro atoms. The molecule has 156 valence electrons. The van der Waals surface area contributed by atoms with Crippen molar-refractivity contribution in [3.8, 4) is 0 Å². The summed E-state index contributed by atoms with van der Waals surface area (Å²) in [4.78, 5) is 12.4. The maximum absolute atomic E-state index is 12.9. The lowest BCUT2D eigenvalue weighted by Gasteiger charge is -2.13. The Bertz CT molecular complexity index is 1220. The molecule has 0 fully saturated rings. The zero-order valence-corrected chi connectivity index (χ0v) is 19.0. The van der Waals surface area contributed by atoms with Crippen molar-refractivity contribution in [2.75, 3.05) is 10.0 Å². The topological polar surface area (TPSA) is 75.3 Å². The lowest BCUT2D eigenvalue weighted by Crippen LogP contribution is -2.16. The minimum absolute atomic E-state index is 0.00999. The van der Waals surface area contributed by atoms with E-state index in [2.05, 4.69) is 10.0 Å². The van der Waals surface area contributed by atoms with Crippen molar-refractivity contribution in [2.45, 2.75) is 18.7 Å². The van der Waals surface area contributed by atoms with E-state index in [4.69, 9.17) is 34.8 Å². The SMILES string of the molecule is Cc1cc(C)cc(NS(=O)(=O)c2cc(C(=O)Nc3cc(Cl)ccc3Cl)ccc2Cl)c1. The zero-order chi connectivity index (χ0) is 22.1. The molecule has 3 aromatic carbocycles. The third kappa shape index (κ3) is 5.26. The van der Waals surface area contributed by atoms with Crippen LogP contribution >= 0.6 is 34.8 Å². The Morgan fingerprint density at radius 1 is 0.833 bits per heavy atom. The number of nitrogens with one attached hydrogen (secondary N) is 2. The number of rotatable bonds is 5. The minimum atomic E-state index is -4.03. The van der Waals surface area contributed by atoms with Gasteiger partial charge < -0.3 is 5.32 Å². The molecule has 0 saturated heterocycles. The Morgan fingerprint density at radius 2 is 1.47 bits per heavy atom. The molecule has 5 nitrogen and oxygen atoms in total. The average molecular weight is 484 g/mol. The van der Waals surface area contributed by atoms with E-state index in [1.54, 1.807) is 24.3 Å². The fraction of sp³-hybridized carbons (Fsp3) is 0.0952. The summed E-state index contributed by atoms with van der Waals surface area (Å²) in [6, 6.07) is 14.0. The van der Waals surface area contributed by atoms with Crippen LogP contribution in [0.2, 0.25) is 15.1 Å². The van der Waals surface area contributed by atoms with E-state index < -0.39 is 15.9 Å². The highest BCUT2D eigenvalue weighted by Gasteiger charge is 2.21. The highest BCUT2D eigenvalue weighted by molar-refractivity contribution is 7.92. The molecule has 30 heavy (non-hydrogen) atoms. The number of carbonyl (C=O) groups is 1. The van der Waals surface area contributed by atoms with Crippen LogP contribution in [0, 0.1) is 13.8 Å². The Kier molecular flexibility index (Phi) is 6.62. The fourth-order valence-electron chi connectivity index (χ4n) is 2.88. The van der Waals surface area contributed by atoms with E-state index in [0.29, 0.717) is 21.4 Å². The van der Waals surface area contributed by atoms with Crippen molar-refractivity contribution in [3.05, 3.63) is 86.4 Å². The number of benzene rings is 3. The molecule has 0 aliphatic carbocycles. The molecule has 0 atom stereocenters. The van der Waals surface area contributed by atoms with Crippen LogP contribution in [0.25, 0.3) is 0 Å². The van der Waals surface area contributed by atoms with Gasteiger partial charge in [-0.2, -0.15) is 0 Å². The Hall–Kier alpha value is -2.25. The van der Waals surface area contributed by atoms with Crippen molar-refractivity contribution in [2.24, 2.45) is 0 Å². The van der Waals surface area contributed by atoms with E-state index >= 15 is 0 Å². The molecule has 0 aromatic heterocycles. The Morgan fingerprint density at radius 3 is 2.13 bits per heavy atom. The largest absolute Gasteiger partial charge is 0.321 e. The average Bonchev–Trinajstić information content (AvgIpc) is 2.63. The van der Waals surface area contributed by atoms with E-state index in [1.807, 2.05) is 19.9 Å². The summed E-state index contributed by atoms with van der Waals surface area (Å²) in [6.45, 7) is 3.73. The molecule has 1 amide bonds. The number of hydrogen-bond donors (Lipinski definition) is 2. The van der Waals surface area contributed by atoms with Crippen LogP contribution < -0.4 is 10.0 Å². The zero-order valence-electron chi connectivity index (χ0n) is 16.0. The van der Waals surface area contributed by atoms with E-state index in [9.17, 15) is 13.2 Å². The maximum atomic E-state index is 12.9. The van der Waals surface area contributed by atoms with Gasteiger partial charge in [-0.1, -0.05) is 40.9 Å². The van der Waals surface area contributed by atoms with Gasteiger partial charge in [0.05, 0.1) is 15.7 Å². The van der Waals surface area contributed by atoms with Gasteiger partial charge in [0.15, 0.2) is 0 Å². The quantitative estimate of drug-likeness (QED) is 0.446. The van der Waals surface area contributed by atoms with Crippen LogP contribution in [0.4, 0.5) is 11.4 Å². The van der Waals surface area contributed by atoms with Crippen molar-refractivity contribution < 1.29 is 13.2 Å². The Labute approximate surface area is 190 Å². The summed E-state index contributed by atoms with van der Waals surface area (Å²) in [5.41, 5.74) is 2.62. The molecule has 0 bridgehead atoms. The summed E-state index contributed by atoms with van der Waals surface area (Å²) in [5.74, 6) is -0.557. The molecule has 9 heteroatoms. The first-order valence-corrected chi connectivity index (χ1v) is 11.3. The van der Waals surface area contributed by atoms with E-state index in [1.165, 1.54) is 24.3 Å². The normalized spacial score (nSPS) is 11.2. The number of aryl methyl sites for hydroxylation is 2. The van der Waals surface area contributed by atoms with E-state index in [0.717, 1.165) is 11.1 Å². The molecule has 0 aliphatic heterocycles. The number of anilines is 2. The Balaban J connectivity index is 1.92. The van der Waals surface area contributed by atoms with Gasteiger partial charge in [-0.3, -0.25) is 9.52 Å². The summed E-state index contributed by atoms with van der Waals surface area (Å²) in [7, 11) is -4.03. The molecule has 3 aromatic rings. The van der Waals surface area contributed by atoms with Gasteiger partial charge in [-0.15, -0.1) is 0 Å². The van der Waals surface area contributed by atoms with Crippen molar-refractivity contribution in [1.82, 2.24) is 0 Å². The second-order valence-electron chi connectivity index (χ2n) is 6.71. The highest BCUT2D eigenvalue weighted by atomic mass is 35.5. The first-order valence-electron chi connectivity index (χ1n) is 8.72. The third-order valence-electron chi connectivity index (χ3n) is 4.13.